The molecule has 0 aliphatic carbocycles. The van der Waals surface area contributed by atoms with Gasteiger partial charge in [-0.15, -0.1) is 0 Å². The molecular formula is C19H27N6O2SSn. The Morgan fingerprint density at radius 1 is 1.21 bits per heavy atom. The zero-order valence-corrected chi connectivity index (χ0v) is 20.7. The zero-order chi connectivity index (χ0) is 20.6. The molecule has 0 spiro atoms. The van der Waals surface area contributed by atoms with Gasteiger partial charge in [-0.05, 0) is 0 Å². The number of anilines is 1. The number of fused-ring (bicyclic) bond motifs is 1. The number of hydrogen-bond acceptors (Lipinski definition) is 8. The number of piperazine rings is 1. The molecule has 155 valence electrons. The van der Waals surface area contributed by atoms with Gasteiger partial charge in [-0.25, -0.2) is 0 Å². The van der Waals surface area contributed by atoms with Gasteiger partial charge < -0.3 is 5.73 Å². The van der Waals surface area contributed by atoms with E-state index in [-0.39, 0.29) is 5.91 Å². The molecular weight excluding hydrogens is 495 g/mol. The molecule has 2 aromatic rings. The van der Waals surface area contributed by atoms with Crippen molar-refractivity contribution in [2.75, 3.05) is 57.4 Å². The predicted molar refractivity (Wildman–Crippen MR) is 116 cm³/mol. The van der Waals surface area contributed by atoms with Crippen molar-refractivity contribution in [3.63, 3.8) is 0 Å². The number of carbonyl (C=O) groups is 1. The summed E-state index contributed by atoms with van der Waals surface area (Å²) < 4.78 is 7.58. The number of ether oxygens (including phenoxy) is 1. The first-order chi connectivity index (χ1) is 13.8. The molecule has 3 radical (unpaired) electrons. The van der Waals surface area contributed by atoms with Crippen LogP contribution in [0.15, 0.2) is 6.07 Å². The van der Waals surface area contributed by atoms with E-state index in [1.54, 1.807) is 11.3 Å². The van der Waals surface area contributed by atoms with Crippen LogP contribution in [0.1, 0.15) is 18.7 Å². The monoisotopic (exact) mass is 523 g/mol. The Bertz CT molecular complexity index is 890. The van der Waals surface area contributed by atoms with Gasteiger partial charge in [-0.2, -0.15) is 0 Å². The molecule has 2 N–H and O–H groups in total. The Kier molecular flexibility index (Phi) is 6.31. The molecule has 4 heterocycles. The Labute approximate surface area is 188 Å². The number of nitrogens with zero attached hydrogens (tertiary/aromatic N) is 5. The van der Waals surface area contributed by atoms with Crippen LogP contribution in [-0.2, 0) is 16.1 Å². The second-order valence-electron chi connectivity index (χ2n) is 8.08. The van der Waals surface area contributed by atoms with Crippen LogP contribution < -0.4 is 14.5 Å². The van der Waals surface area contributed by atoms with Crippen molar-refractivity contribution < 1.29 is 9.53 Å². The van der Waals surface area contributed by atoms with E-state index < -0.39 is 5.54 Å². The van der Waals surface area contributed by atoms with Crippen LogP contribution in [0.4, 0.5) is 5.82 Å². The Morgan fingerprint density at radius 2 is 1.90 bits per heavy atom. The second kappa shape index (κ2) is 8.62. The van der Waals surface area contributed by atoms with E-state index in [0.717, 1.165) is 74.2 Å². The van der Waals surface area contributed by atoms with Gasteiger partial charge in [0.25, 0.3) is 0 Å². The average molecular weight is 522 g/mol. The molecule has 0 atom stereocenters. The third-order valence-corrected chi connectivity index (χ3v) is 7.60. The summed E-state index contributed by atoms with van der Waals surface area (Å²) in [6.07, 6.45) is 0. The number of morpholine rings is 1. The first kappa shape index (κ1) is 21.2. The Hall–Kier alpha value is -1.01. The second-order valence-corrected chi connectivity index (χ2v) is 10.5. The number of rotatable bonds is 5. The summed E-state index contributed by atoms with van der Waals surface area (Å²) in [4.78, 5) is 29.5. The number of aromatic nitrogens is 2. The van der Waals surface area contributed by atoms with E-state index >= 15 is 0 Å². The molecule has 0 unspecified atom stereocenters. The van der Waals surface area contributed by atoms with Crippen molar-refractivity contribution in [2.24, 2.45) is 5.73 Å². The first-order valence-electron chi connectivity index (χ1n) is 9.96. The number of thiophene rings is 1. The van der Waals surface area contributed by atoms with Crippen molar-refractivity contribution in [3.8, 4) is 0 Å². The number of carbonyl (C=O) groups excluding carboxylic acids is 1. The summed E-state index contributed by atoms with van der Waals surface area (Å²) in [5, 5.41) is 0. The van der Waals surface area contributed by atoms with Crippen molar-refractivity contribution in [1.82, 2.24) is 19.8 Å². The molecule has 1 amide bonds. The average Bonchev–Trinajstić information content (AvgIpc) is 3.10. The van der Waals surface area contributed by atoms with Crippen LogP contribution in [0.2, 0.25) is 0 Å². The molecule has 0 saturated carbocycles. The molecule has 2 saturated heterocycles. The third-order valence-electron chi connectivity index (χ3n) is 5.86. The maximum absolute atomic E-state index is 11.7. The van der Waals surface area contributed by atoms with Gasteiger partial charge in [0, 0.05) is 0 Å². The van der Waals surface area contributed by atoms with E-state index in [9.17, 15) is 4.79 Å². The first-order valence-corrected chi connectivity index (χ1v) is 12.2. The van der Waals surface area contributed by atoms with E-state index in [2.05, 4.69) is 20.8 Å². The molecule has 8 nitrogen and oxygen atoms in total. The van der Waals surface area contributed by atoms with Crippen molar-refractivity contribution >= 4 is 59.6 Å². The number of hydrogen-bond donors (Lipinski definition) is 1. The summed E-state index contributed by atoms with van der Waals surface area (Å²) in [6, 6.07) is 2.22. The van der Waals surface area contributed by atoms with Gasteiger partial charge in [0.2, 0.25) is 0 Å². The molecule has 4 rings (SSSR count). The number of amides is 1. The van der Waals surface area contributed by atoms with Gasteiger partial charge in [0.1, 0.15) is 0 Å². The van der Waals surface area contributed by atoms with E-state index in [1.807, 2.05) is 13.8 Å². The van der Waals surface area contributed by atoms with Crippen LogP contribution in [0.5, 0.6) is 0 Å². The summed E-state index contributed by atoms with van der Waals surface area (Å²) in [7, 11) is 0. The van der Waals surface area contributed by atoms with Crippen LogP contribution in [-0.4, -0.2) is 106 Å². The van der Waals surface area contributed by atoms with Crippen LogP contribution in [0, 0.1) is 0 Å². The molecule has 2 aliphatic rings. The van der Waals surface area contributed by atoms with Gasteiger partial charge >= 0.3 is 178 Å². The van der Waals surface area contributed by atoms with Gasteiger partial charge in [0.05, 0.1) is 0 Å². The topological polar surface area (TPSA) is 87.8 Å². The minimum absolute atomic E-state index is 0.262. The molecule has 2 aliphatic heterocycles. The normalized spacial score (nSPS) is 19.8. The van der Waals surface area contributed by atoms with Crippen LogP contribution in [0.25, 0.3) is 10.2 Å². The fourth-order valence-electron chi connectivity index (χ4n) is 3.87. The van der Waals surface area contributed by atoms with Crippen LogP contribution in [0.3, 0.4) is 0 Å². The molecule has 2 aromatic heterocycles. The van der Waals surface area contributed by atoms with Gasteiger partial charge in [-0.1, -0.05) is 0 Å². The number of primary amides is 1. The Balaban J connectivity index is 1.47. The molecule has 2 fully saturated rings. The van der Waals surface area contributed by atoms with Crippen molar-refractivity contribution in [2.45, 2.75) is 25.9 Å². The van der Waals surface area contributed by atoms with Crippen LogP contribution >= 0.6 is 11.3 Å². The zero-order valence-electron chi connectivity index (χ0n) is 17.0. The molecule has 0 bridgehead atoms. The summed E-state index contributed by atoms with van der Waals surface area (Å²) in [5.41, 5.74) is 6.04. The van der Waals surface area contributed by atoms with Gasteiger partial charge in [0.15, 0.2) is 0 Å². The summed E-state index contributed by atoms with van der Waals surface area (Å²) in [5.74, 6) is 0.803. The third kappa shape index (κ3) is 4.53. The SMILES string of the molecule is CC(C)(C(N)=O)N1CCN(Cc2cc3n[c]([Sn])nc(N4CCOCC4)c3s2)CC1. The predicted octanol–water partition coefficient (Wildman–Crippen LogP) is -0.297. The van der Waals surface area contributed by atoms with Crippen molar-refractivity contribution in [3.05, 3.63) is 10.9 Å². The number of nitrogens with two attached hydrogens (primary N) is 1. The summed E-state index contributed by atoms with van der Waals surface area (Å²) in [6.45, 7) is 11.5. The molecule has 0 aromatic carbocycles. The minimum atomic E-state index is -0.591. The fraction of sp³-hybridized carbons (Fsp3) is 0.632. The van der Waals surface area contributed by atoms with Gasteiger partial charge in [-0.3, -0.25) is 4.79 Å². The quantitative estimate of drug-likeness (QED) is 0.540. The van der Waals surface area contributed by atoms with E-state index in [1.165, 1.54) is 32.1 Å². The standard InChI is InChI=1S/C19H27N6O2S.Sn/c1-19(2,18(20)26)25-5-3-23(4-6-25)12-14-11-15-16(28-14)17(22-13-21-15)24-7-9-27-10-8-24;/h11H,3-10,12H2,1-2H3,(H2,20,26);. The fourth-order valence-corrected chi connectivity index (χ4v) is 5.67. The molecule has 29 heavy (non-hydrogen) atoms. The Morgan fingerprint density at radius 3 is 2.55 bits per heavy atom. The van der Waals surface area contributed by atoms with Crippen molar-refractivity contribution in [1.29, 1.82) is 0 Å². The molecule has 10 heteroatoms. The van der Waals surface area contributed by atoms with E-state index in [4.69, 9.17) is 20.4 Å². The summed E-state index contributed by atoms with van der Waals surface area (Å²) >= 11 is 3.04. The van der Waals surface area contributed by atoms with E-state index in [0.29, 0.717) is 0 Å². The maximum atomic E-state index is 11.7.